The lowest BCUT2D eigenvalue weighted by atomic mass is 10.0. The minimum Gasteiger partial charge on any atom is -0.355 e. The second kappa shape index (κ2) is 7.30. The highest BCUT2D eigenvalue weighted by atomic mass is 19.2. The van der Waals surface area contributed by atoms with Crippen LogP contribution in [0.4, 0.5) is 14.6 Å². The van der Waals surface area contributed by atoms with E-state index >= 15 is 0 Å². The minimum atomic E-state index is -0.916. The molecule has 2 aliphatic rings. The summed E-state index contributed by atoms with van der Waals surface area (Å²) >= 11 is 0. The van der Waals surface area contributed by atoms with E-state index in [2.05, 4.69) is 27.0 Å². The molecule has 0 N–H and O–H groups in total. The van der Waals surface area contributed by atoms with Crippen molar-refractivity contribution in [3.05, 3.63) is 60.4 Å². The van der Waals surface area contributed by atoms with Crippen molar-refractivity contribution >= 4 is 11.5 Å². The van der Waals surface area contributed by atoms with Gasteiger partial charge in [-0.15, -0.1) is 5.10 Å². The van der Waals surface area contributed by atoms with Crippen LogP contribution < -0.4 is 4.90 Å². The molecule has 4 aromatic rings. The van der Waals surface area contributed by atoms with E-state index in [1.807, 2.05) is 18.2 Å². The highest BCUT2D eigenvalue weighted by molar-refractivity contribution is 5.81. The standard InChI is InChI=1S/C23H21F2N7/c1-30-10-16-12-31(13-17(16)11-30)21-5-4-20-28-22(14-2-3-18(24)19(25)8-14)23(32(20)29-21)15-6-7-26-27-9-15/h2-9,16-17H,10-13H2,1H3. The summed E-state index contributed by atoms with van der Waals surface area (Å²) in [5.41, 5.74) is 3.03. The van der Waals surface area contributed by atoms with Crippen LogP contribution in [0.15, 0.2) is 48.8 Å². The monoisotopic (exact) mass is 433 g/mol. The minimum absolute atomic E-state index is 0.474. The summed E-state index contributed by atoms with van der Waals surface area (Å²) in [6.45, 7) is 4.18. The summed E-state index contributed by atoms with van der Waals surface area (Å²) in [6, 6.07) is 9.51. The first-order valence-corrected chi connectivity index (χ1v) is 10.6. The molecule has 3 aromatic heterocycles. The van der Waals surface area contributed by atoms with Crippen LogP contribution in [0.1, 0.15) is 0 Å². The van der Waals surface area contributed by atoms with Crippen LogP contribution in [-0.4, -0.2) is 62.9 Å². The van der Waals surface area contributed by atoms with E-state index in [0.717, 1.165) is 49.7 Å². The molecule has 0 radical (unpaired) electrons. The van der Waals surface area contributed by atoms with Crippen LogP contribution >= 0.6 is 0 Å². The number of fused-ring (bicyclic) bond motifs is 2. The van der Waals surface area contributed by atoms with Gasteiger partial charge in [-0.2, -0.15) is 10.2 Å². The number of rotatable bonds is 3. The van der Waals surface area contributed by atoms with E-state index in [4.69, 9.17) is 10.1 Å². The van der Waals surface area contributed by atoms with Gasteiger partial charge in [-0.3, -0.25) is 0 Å². The number of imidazole rings is 1. The van der Waals surface area contributed by atoms with Gasteiger partial charge < -0.3 is 9.80 Å². The number of anilines is 1. The Hall–Kier alpha value is -3.46. The molecule has 2 saturated heterocycles. The molecule has 0 spiro atoms. The molecular weight excluding hydrogens is 412 g/mol. The van der Waals surface area contributed by atoms with Gasteiger partial charge in [-0.05, 0) is 55.3 Å². The zero-order chi connectivity index (χ0) is 21.8. The first-order valence-electron chi connectivity index (χ1n) is 10.6. The van der Waals surface area contributed by atoms with Crippen LogP contribution in [0.2, 0.25) is 0 Å². The van der Waals surface area contributed by atoms with Crippen molar-refractivity contribution < 1.29 is 8.78 Å². The summed E-state index contributed by atoms with van der Waals surface area (Å²) < 4.78 is 29.3. The summed E-state index contributed by atoms with van der Waals surface area (Å²) in [4.78, 5) is 9.42. The molecule has 2 aliphatic heterocycles. The van der Waals surface area contributed by atoms with Gasteiger partial charge in [0.1, 0.15) is 11.5 Å². The molecular formula is C23H21F2N7. The van der Waals surface area contributed by atoms with E-state index in [0.29, 0.717) is 34.4 Å². The van der Waals surface area contributed by atoms with Crippen molar-refractivity contribution in [2.24, 2.45) is 11.8 Å². The van der Waals surface area contributed by atoms with Crippen LogP contribution in [0.5, 0.6) is 0 Å². The Kier molecular flexibility index (Phi) is 4.39. The van der Waals surface area contributed by atoms with Crippen molar-refractivity contribution in [3.8, 4) is 22.5 Å². The molecule has 2 unspecified atom stereocenters. The third-order valence-corrected chi connectivity index (χ3v) is 6.51. The summed E-state index contributed by atoms with van der Waals surface area (Å²) in [5, 5.41) is 12.8. The molecule has 7 nitrogen and oxygen atoms in total. The third kappa shape index (κ3) is 3.12. The van der Waals surface area contributed by atoms with Gasteiger partial charge in [0.05, 0.1) is 18.1 Å². The van der Waals surface area contributed by atoms with Crippen molar-refractivity contribution in [1.29, 1.82) is 0 Å². The number of aromatic nitrogens is 5. The molecule has 162 valence electrons. The van der Waals surface area contributed by atoms with Crippen molar-refractivity contribution in [2.75, 3.05) is 38.1 Å². The van der Waals surface area contributed by atoms with Gasteiger partial charge in [-0.1, -0.05) is 0 Å². The molecule has 0 aliphatic carbocycles. The van der Waals surface area contributed by atoms with Crippen LogP contribution in [0.3, 0.4) is 0 Å². The first-order chi connectivity index (χ1) is 15.6. The molecule has 32 heavy (non-hydrogen) atoms. The fraction of sp³-hybridized carbons (Fsp3) is 0.304. The van der Waals surface area contributed by atoms with Gasteiger partial charge >= 0.3 is 0 Å². The van der Waals surface area contributed by atoms with Crippen LogP contribution in [0, 0.1) is 23.5 Å². The number of nitrogens with zero attached hydrogens (tertiary/aromatic N) is 7. The second-order valence-electron chi connectivity index (χ2n) is 8.68. The van der Waals surface area contributed by atoms with Gasteiger partial charge in [0.15, 0.2) is 17.3 Å². The summed E-state index contributed by atoms with van der Waals surface area (Å²) in [7, 11) is 2.17. The molecule has 0 bridgehead atoms. The molecule has 5 heterocycles. The Morgan fingerprint density at radius 3 is 2.41 bits per heavy atom. The smallest absolute Gasteiger partial charge is 0.159 e. The molecule has 2 fully saturated rings. The Balaban J connectivity index is 1.48. The SMILES string of the molecule is CN1CC2CN(c3ccc4nc(-c5ccc(F)c(F)c5)c(-c5ccnnc5)n4n3)CC2C1. The van der Waals surface area contributed by atoms with Gasteiger partial charge in [0.25, 0.3) is 0 Å². The van der Waals surface area contributed by atoms with E-state index in [1.165, 1.54) is 6.07 Å². The number of benzene rings is 1. The number of hydrogen-bond donors (Lipinski definition) is 0. The second-order valence-corrected chi connectivity index (χ2v) is 8.68. The fourth-order valence-electron chi connectivity index (χ4n) is 5.04. The Morgan fingerprint density at radius 2 is 1.69 bits per heavy atom. The predicted molar refractivity (Wildman–Crippen MR) is 116 cm³/mol. The van der Waals surface area contributed by atoms with Gasteiger partial charge in [0.2, 0.25) is 0 Å². The summed E-state index contributed by atoms with van der Waals surface area (Å²) in [5.74, 6) is 0.381. The molecule has 9 heteroatoms. The molecule has 0 saturated carbocycles. The number of hydrogen-bond acceptors (Lipinski definition) is 6. The van der Waals surface area contributed by atoms with Crippen LogP contribution in [-0.2, 0) is 0 Å². The van der Waals surface area contributed by atoms with Gasteiger partial charge in [-0.25, -0.2) is 18.3 Å². The average Bonchev–Trinajstić information content (AvgIpc) is 3.46. The lowest BCUT2D eigenvalue weighted by molar-refractivity contribution is 0.386. The maximum absolute atomic E-state index is 14.0. The highest BCUT2D eigenvalue weighted by Crippen LogP contribution is 2.35. The fourth-order valence-corrected chi connectivity index (χ4v) is 5.04. The topological polar surface area (TPSA) is 62.5 Å². The first kappa shape index (κ1) is 19.2. The zero-order valence-corrected chi connectivity index (χ0v) is 17.5. The lowest BCUT2D eigenvalue weighted by Gasteiger charge is -2.20. The lowest BCUT2D eigenvalue weighted by Crippen LogP contribution is -2.27. The van der Waals surface area contributed by atoms with Crippen molar-refractivity contribution in [1.82, 2.24) is 29.7 Å². The van der Waals surface area contributed by atoms with Crippen molar-refractivity contribution in [3.63, 3.8) is 0 Å². The highest BCUT2D eigenvalue weighted by Gasteiger charge is 2.39. The zero-order valence-electron chi connectivity index (χ0n) is 17.5. The quantitative estimate of drug-likeness (QED) is 0.495. The van der Waals surface area contributed by atoms with E-state index in [1.54, 1.807) is 16.9 Å². The maximum Gasteiger partial charge on any atom is 0.159 e. The Labute approximate surface area is 183 Å². The number of likely N-dealkylation sites (tertiary alicyclic amines) is 1. The Morgan fingerprint density at radius 1 is 0.875 bits per heavy atom. The average molecular weight is 433 g/mol. The molecule has 2 atom stereocenters. The summed E-state index contributed by atoms with van der Waals surface area (Å²) in [6.07, 6.45) is 3.21. The van der Waals surface area contributed by atoms with E-state index < -0.39 is 11.6 Å². The largest absolute Gasteiger partial charge is 0.355 e. The normalized spacial score (nSPS) is 20.9. The third-order valence-electron chi connectivity index (χ3n) is 6.51. The molecule has 1 aromatic carbocycles. The predicted octanol–water partition coefficient (Wildman–Crippen LogP) is 3.13. The Bertz CT molecular complexity index is 1290. The van der Waals surface area contributed by atoms with Crippen molar-refractivity contribution in [2.45, 2.75) is 0 Å². The molecule has 0 amide bonds. The van der Waals surface area contributed by atoms with Crippen LogP contribution in [0.25, 0.3) is 28.2 Å². The van der Waals surface area contributed by atoms with E-state index in [9.17, 15) is 8.78 Å². The maximum atomic E-state index is 14.0. The van der Waals surface area contributed by atoms with Gasteiger partial charge in [0, 0.05) is 37.3 Å². The molecule has 6 rings (SSSR count). The van der Waals surface area contributed by atoms with E-state index in [-0.39, 0.29) is 0 Å². The number of halogens is 2.